The normalized spacial score (nSPS) is 23.7. The van der Waals surface area contributed by atoms with Crippen LogP contribution < -0.4 is 10.2 Å². The third kappa shape index (κ3) is 4.27. The van der Waals surface area contributed by atoms with E-state index < -0.39 is 0 Å². The quantitative estimate of drug-likeness (QED) is 0.894. The first-order valence-electron chi connectivity index (χ1n) is 8.96. The van der Waals surface area contributed by atoms with Gasteiger partial charge in [-0.15, -0.1) is 0 Å². The minimum absolute atomic E-state index is 0.0976. The van der Waals surface area contributed by atoms with Gasteiger partial charge in [0.1, 0.15) is 0 Å². The Kier molecular flexibility index (Phi) is 5.23. The van der Waals surface area contributed by atoms with E-state index in [1.807, 2.05) is 30.0 Å². The van der Waals surface area contributed by atoms with Crippen molar-refractivity contribution in [3.63, 3.8) is 0 Å². The van der Waals surface area contributed by atoms with Crippen LogP contribution in [0.15, 0.2) is 18.2 Å². The van der Waals surface area contributed by atoms with Gasteiger partial charge in [-0.3, -0.25) is 9.59 Å². The van der Waals surface area contributed by atoms with Crippen LogP contribution in [0, 0.1) is 6.92 Å². The number of carbonyl (C=O) groups is 2. The molecule has 0 spiro atoms. The van der Waals surface area contributed by atoms with Gasteiger partial charge in [-0.1, -0.05) is 17.7 Å². The summed E-state index contributed by atoms with van der Waals surface area (Å²) in [5, 5.41) is 3.74. The van der Waals surface area contributed by atoms with Crippen molar-refractivity contribution >= 4 is 29.1 Å². The Labute approximate surface area is 154 Å². The molecular weight excluding hydrogens is 338 g/mol. The van der Waals surface area contributed by atoms with Crippen LogP contribution in [0.1, 0.15) is 38.2 Å². The van der Waals surface area contributed by atoms with Crippen LogP contribution in [0.4, 0.5) is 5.69 Å². The maximum Gasteiger partial charge on any atom is 0.222 e. The Balaban J connectivity index is 1.51. The number of anilines is 1. The lowest BCUT2D eigenvalue weighted by atomic mass is 9.94. The number of nitrogens with zero attached hydrogens (tertiary/aromatic N) is 2. The predicted octanol–water partition coefficient (Wildman–Crippen LogP) is 2.75. The van der Waals surface area contributed by atoms with Crippen LogP contribution >= 0.6 is 11.6 Å². The molecule has 1 aromatic rings. The molecule has 2 amide bonds. The molecule has 0 radical (unpaired) electrons. The first-order chi connectivity index (χ1) is 11.9. The Bertz CT molecular complexity index is 671. The number of piperazine rings is 1. The van der Waals surface area contributed by atoms with E-state index in [0.29, 0.717) is 19.3 Å². The van der Waals surface area contributed by atoms with Gasteiger partial charge >= 0.3 is 0 Å². The van der Waals surface area contributed by atoms with Crippen molar-refractivity contribution in [2.45, 2.75) is 45.1 Å². The highest BCUT2D eigenvalue weighted by Crippen LogP contribution is 2.27. The van der Waals surface area contributed by atoms with E-state index in [1.165, 1.54) is 5.56 Å². The fourth-order valence-electron chi connectivity index (χ4n) is 3.70. The van der Waals surface area contributed by atoms with Crippen molar-refractivity contribution in [2.75, 3.05) is 31.1 Å². The summed E-state index contributed by atoms with van der Waals surface area (Å²) in [4.78, 5) is 28.2. The van der Waals surface area contributed by atoms with Gasteiger partial charge in [0.15, 0.2) is 0 Å². The van der Waals surface area contributed by atoms with Crippen molar-refractivity contribution in [1.29, 1.82) is 0 Å². The maximum atomic E-state index is 12.5. The molecule has 2 aliphatic rings. The second-order valence-electron chi connectivity index (χ2n) is 7.41. The standard InChI is InChI=1S/C19H26ClN3O2/c1-14-3-4-15(20)13-16(14)22-9-11-23(12-10-22)18(25)6-8-19(2)7-5-17(24)21-19/h3-4,13H,5-12H2,1-2H3,(H,21,24)/t19-/m0/s1. The number of rotatable bonds is 4. The van der Waals surface area contributed by atoms with E-state index in [9.17, 15) is 9.59 Å². The smallest absolute Gasteiger partial charge is 0.222 e. The van der Waals surface area contributed by atoms with Gasteiger partial charge in [0.05, 0.1) is 0 Å². The summed E-state index contributed by atoms with van der Waals surface area (Å²) in [5.41, 5.74) is 2.14. The summed E-state index contributed by atoms with van der Waals surface area (Å²) in [6.45, 7) is 7.22. The average molecular weight is 364 g/mol. The SMILES string of the molecule is Cc1ccc(Cl)cc1N1CCN(C(=O)CC[C@]2(C)CCC(=O)N2)CC1. The molecule has 3 rings (SSSR count). The van der Waals surface area contributed by atoms with E-state index in [2.05, 4.69) is 17.1 Å². The number of benzene rings is 1. The molecule has 6 heteroatoms. The lowest BCUT2D eigenvalue weighted by Gasteiger charge is -2.37. The third-order valence-electron chi connectivity index (χ3n) is 5.38. The zero-order valence-corrected chi connectivity index (χ0v) is 15.7. The molecule has 0 aromatic heterocycles. The van der Waals surface area contributed by atoms with E-state index >= 15 is 0 Å². The lowest BCUT2D eigenvalue weighted by Crippen LogP contribution is -2.49. The Morgan fingerprint density at radius 2 is 2.00 bits per heavy atom. The van der Waals surface area contributed by atoms with E-state index in [-0.39, 0.29) is 17.4 Å². The Hall–Kier alpha value is -1.75. The number of nitrogens with one attached hydrogen (secondary N) is 1. The van der Waals surface area contributed by atoms with Gasteiger partial charge in [0.2, 0.25) is 11.8 Å². The summed E-state index contributed by atoms with van der Waals surface area (Å²) in [7, 11) is 0. The highest BCUT2D eigenvalue weighted by molar-refractivity contribution is 6.30. The Morgan fingerprint density at radius 3 is 2.64 bits per heavy atom. The average Bonchev–Trinajstić information content (AvgIpc) is 2.94. The molecule has 2 saturated heterocycles. The molecule has 136 valence electrons. The number of hydrogen-bond donors (Lipinski definition) is 1. The third-order valence-corrected chi connectivity index (χ3v) is 5.62. The zero-order chi connectivity index (χ0) is 18.0. The van der Waals surface area contributed by atoms with Crippen LogP contribution in [0.25, 0.3) is 0 Å². The minimum Gasteiger partial charge on any atom is -0.368 e. The fourth-order valence-corrected chi connectivity index (χ4v) is 3.87. The number of aryl methyl sites for hydroxylation is 1. The molecular formula is C19H26ClN3O2. The first kappa shape index (κ1) is 18.1. The molecule has 2 fully saturated rings. The summed E-state index contributed by atoms with van der Waals surface area (Å²) >= 11 is 6.12. The summed E-state index contributed by atoms with van der Waals surface area (Å²) in [5.74, 6) is 0.283. The van der Waals surface area contributed by atoms with Gasteiger partial charge < -0.3 is 15.1 Å². The summed E-state index contributed by atoms with van der Waals surface area (Å²) in [6.07, 6.45) is 2.60. The van der Waals surface area contributed by atoms with Crippen molar-refractivity contribution < 1.29 is 9.59 Å². The molecule has 1 aromatic carbocycles. The van der Waals surface area contributed by atoms with Gasteiger partial charge in [0, 0.05) is 55.3 Å². The monoisotopic (exact) mass is 363 g/mol. The van der Waals surface area contributed by atoms with Crippen LogP contribution in [0.5, 0.6) is 0 Å². The van der Waals surface area contributed by atoms with Gasteiger partial charge in [-0.2, -0.15) is 0 Å². The van der Waals surface area contributed by atoms with E-state index in [0.717, 1.165) is 43.3 Å². The number of halogens is 1. The number of hydrogen-bond acceptors (Lipinski definition) is 3. The zero-order valence-electron chi connectivity index (χ0n) is 15.0. The predicted molar refractivity (Wildman–Crippen MR) is 100.0 cm³/mol. The largest absolute Gasteiger partial charge is 0.368 e. The highest BCUT2D eigenvalue weighted by atomic mass is 35.5. The van der Waals surface area contributed by atoms with Crippen molar-refractivity contribution in [1.82, 2.24) is 10.2 Å². The highest BCUT2D eigenvalue weighted by Gasteiger charge is 2.33. The van der Waals surface area contributed by atoms with Crippen LogP contribution in [-0.2, 0) is 9.59 Å². The molecule has 1 N–H and O–H groups in total. The number of amides is 2. The van der Waals surface area contributed by atoms with Crippen molar-refractivity contribution in [3.05, 3.63) is 28.8 Å². The van der Waals surface area contributed by atoms with Gasteiger partial charge in [-0.05, 0) is 44.4 Å². The van der Waals surface area contributed by atoms with E-state index in [4.69, 9.17) is 11.6 Å². The van der Waals surface area contributed by atoms with Gasteiger partial charge in [0.25, 0.3) is 0 Å². The summed E-state index contributed by atoms with van der Waals surface area (Å²) < 4.78 is 0. The lowest BCUT2D eigenvalue weighted by molar-refractivity contribution is -0.132. The summed E-state index contributed by atoms with van der Waals surface area (Å²) in [6, 6.07) is 5.94. The second kappa shape index (κ2) is 7.24. The van der Waals surface area contributed by atoms with Crippen molar-refractivity contribution in [3.8, 4) is 0 Å². The first-order valence-corrected chi connectivity index (χ1v) is 9.34. The van der Waals surface area contributed by atoms with Crippen LogP contribution in [0.2, 0.25) is 5.02 Å². The van der Waals surface area contributed by atoms with Crippen molar-refractivity contribution in [2.24, 2.45) is 0 Å². The molecule has 2 heterocycles. The van der Waals surface area contributed by atoms with E-state index in [1.54, 1.807) is 0 Å². The maximum absolute atomic E-state index is 12.5. The minimum atomic E-state index is -0.216. The molecule has 0 unspecified atom stereocenters. The van der Waals surface area contributed by atoms with Crippen LogP contribution in [0.3, 0.4) is 0 Å². The topological polar surface area (TPSA) is 52.7 Å². The molecule has 5 nitrogen and oxygen atoms in total. The van der Waals surface area contributed by atoms with Crippen LogP contribution in [-0.4, -0.2) is 48.4 Å². The second-order valence-corrected chi connectivity index (χ2v) is 7.84. The fraction of sp³-hybridized carbons (Fsp3) is 0.579. The Morgan fingerprint density at radius 1 is 1.28 bits per heavy atom. The molecule has 0 saturated carbocycles. The van der Waals surface area contributed by atoms with Gasteiger partial charge in [-0.25, -0.2) is 0 Å². The molecule has 2 aliphatic heterocycles. The molecule has 25 heavy (non-hydrogen) atoms. The molecule has 0 bridgehead atoms. The molecule has 0 aliphatic carbocycles. The number of carbonyl (C=O) groups excluding carboxylic acids is 2. The molecule has 1 atom stereocenters.